The summed E-state index contributed by atoms with van der Waals surface area (Å²) in [4.78, 5) is 0. The third-order valence-corrected chi connectivity index (χ3v) is 2.84. The van der Waals surface area contributed by atoms with Crippen molar-refractivity contribution in [2.45, 2.75) is 18.4 Å². The summed E-state index contributed by atoms with van der Waals surface area (Å²) in [6.45, 7) is 7.28. The lowest BCUT2D eigenvalue weighted by Crippen LogP contribution is -2.24. The molecule has 1 rings (SSSR count). The van der Waals surface area contributed by atoms with Crippen LogP contribution in [0.2, 0.25) is 5.02 Å². The predicted molar refractivity (Wildman–Crippen MR) is 69.4 cm³/mol. The fourth-order valence-corrected chi connectivity index (χ4v) is 1.75. The number of benzene rings is 1. The Morgan fingerprint density at radius 2 is 1.88 bits per heavy atom. The van der Waals surface area contributed by atoms with Gasteiger partial charge in [-0.3, -0.25) is 0 Å². The van der Waals surface area contributed by atoms with Crippen molar-refractivity contribution in [3.05, 3.63) is 54.1 Å². The maximum Gasteiger partial charge on any atom is 0.0965 e. The fourth-order valence-electron chi connectivity index (χ4n) is 1.63. The van der Waals surface area contributed by atoms with E-state index in [1.165, 1.54) is 0 Å². The molecule has 0 aliphatic rings. The molecule has 86 valence electrons. The van der Waals surface area contributed by atoms with E-state index in [1.54, 1.807) is 30.4 Å². The van der Waals surface area contributed by atoms with Crippen molar-refractivity contribution < 1.29 is 5.11 Å². The van der Waals surface area contributed by atoms with E-state index in [1.807, 2.05) is 0 Å². The van der Waals surface area contributed by atoms with Crippen molar-refractivity contribution in [1.29, 1.82) is 0 Å². The Labute approximate surface area is 101 Å². The average molecular weight is 238 g/mol. The Balaban J connectivity index is 3.14. The molecule has 1 aromatic carbocycles. The van der Waals surface area contributed by atoms with Crippen molar-refractivity contribution in [3.63, 3.8) is 0 Å². The summed E-state index contributed by atoms with van der Waals surface area (Å²) >= 11 is 5.84. The first-order chi connectivity index (χ1) is 7.53. The number of anilines is 1. The highest BCUT2D eigenvalue weighted by atomic mass is 35.5. The van der Waals surface area contributed by atoms with Gasteiger partial charge in [-0.2, -0.15) is 0 Å². The van der Waals surface area contributed by atoms with E-state index < -0.39 is 5.60 Å². The summed E-state index contributed by atoms with van der Waals surface area (Å²) in [5.41, 5.74) is 5.91. The molecule has 3 N–H and O–H groups in total. The topological polar surface area (TPSA) is 46.2 Å². The first kappa shape index (κ1) is 12.8. The van der Waals surface area contributed by atoms with Gasteiger partial charge < -0.3 is 10.8 Å². The van der Waals surface area contributed by atoms with E-state index in [0.29, 0.717) is 23.6 Å². The highest BCUT2D eigenvalue weighted by Crippen LogP contribution is 2.32. The van der Waals surface area contributed by atoms with Crippen LogP contribution < -0.4 is 5.73 Å². The van der Waals surface area contributed by atoms with Gasteiger partial charge in [0.05, 0.1) is 16.3 Å². The maximum atomic E-state index is 10.5. The first-order valence-electron chi connectivity index (χ1n) is 5.03. The molecule has 0 amide bonds. The molecule has 0 bridgehead atoms. The SMILES string of the molecule is C=CCC(O)(CC=C)c1ccc(Cl)c(N)c1. The zero-order chi connectivity index (χ0) is 12.2. The van der Waals surface area contributed by atoms with Crippen LogP contribution in [0.15, 0.2) is 43.5 Å². The van der Waals surface area contributed by atoms with E-state index >= 15 is 0 Å². The Kier molecular flexibility index (Phi) is 4.16. The highest BCUT2D eigenvalue weighted by molar-refractivity contribution is 6.33. The Morgan fingerprint density at radius 1 is 1.31 bits per heavy atom. The molecule has 0 heterocycles. The summed E-state index contributed by atoms with van der Waals surface area (Å²) in [5, 5.41) is 10.9. The highest BCUT2D eigenvalue weighted by Gasteiger charge is 2.26. The largest absolute Gasteiger partial charge is 0.398 e. The third-order valence-electron chi connectivity index (χ3n) is 2.50. The number of hydrogen-bond acceptors (Lipinski definition) is 2. The van der Waals surface area contributed by atoms with Crippen LogP contribution in [0.1, 0.15) is 18.4 Å². The number of rotatable bonds is 5. The molecule has 16 heavy (non-hydrogen) atoms. The quantitative estimate of drug-likeness (QED) is 0.610. The summed E-state index contributed by atoms with van der Waals surface area (Å²) in [7, 11) is 0. The van der Waals surface area contributed by atoms with Gasteiger partial charge in [0.15, 0.2) is 0 Å². The van der Waals surface area contributed by atoms with Crippen LogP contribution in [-0.4, -0.2) is 5.11 Å². The summed E-state index contributed by atoms with van der Waals surface area (Å²) in [5.74, 6) is 0. The van der Waals surface area contributed by atoms with Crippen molar-refractivity contribution in [1.82, 2.24) is 0 Å². The van der Waals surface area contributed by atoms with Crippen LogP contribution in [0.3, 0.4) is 0 Å². The Morgan fingerprint density at radius 3 is 2.31 bits per heavy atom. The minimum atomic E-state index is -0.998. The average Bonchev–Trinajstić information content (AvgIpc) is 2.22. The first-order valence-corrected chi connectivity index (χ1v) is 5.41. The van der Waals surface area contributed by atoms with Gasteiger partial charge in [0.25, 0.3) is 0 Å². The molecule has 0 saturated heterocycles. The molecular weight excluding hydrogens is 222 g/mol. The van der Waals surface area contributed by atoms with Gasteiger partial charge in [-0.15, -0.1) is 13.2 Å². The van der Waals surface area contributed by atoms with Gasteiger partial charge in [0.1, 0.15) is 0 Å². The molecule has 0 saturated carbocycles. The second kappa shape index (κ2) is 5.19. The molecule has 0 aliphatic heterocycles. The fraction of sp³-hybridized carbons (Fsp3) is 0.231. The minimum absolute atomic E-state index is 0.445. The second-order valence-corrected chi connectivity index (χ2v) is 4.16. The molecule has 1 aromatic rings. The van der Waals surface area contributed by atoms with Gasteiger partial charge in [0, 0.05) is 0 Å². The molecule has 0 unspecified atom stereocenters. The van der Waals surface area contributed by atoms with E-state index in [9.17, 15) is 5.11 Å². The summed E-state index contributed by atoms with van der Waals surface area (Å²) in [6, 6.07) is 5.14. The molecule has 0 spiro atoms. The molecule has 0 aromatic heterocycles. The van der Waals surface area contributed by atoms with Gasteiger partial charge in [-0.05, 0) is 30.5 Å². The van der Waals surface area contributed by atoms with E-state index in [2.05, 4.69) is 13.2 Å². The standard InChI is InChI=1S/C13H16ClNO/c1-3-7-13(16,8-4-2)10-5-6-11(14)12(15)9-10/h3-6,9,16H,1-2,7-8,15H2. The normalized spacial score (nSPS) is 11.1. The number of halogens is 1. The van der Waals surface area contributed by atoms with Gasteiger partial charge >= 0.3 is 0 Å². The molecule has 2 nitrogen and oxygen atoms in total. The van der Waals surface area contributed by atoms with E-state index in [-0.39, 0.29) is 0 Å². The lowest BCUT2D eigenvalue weighted by molar-refractivity contribution is 0.0430. The van der Waals surface area contributed by atoms with Crippen LogP contribution in [0.4, 0.5) is 5.69 Å². The van der Waals surface area contributed by atoms with E-state index in [4.69, 9.17) is 17.3 Å². The Hall–Kier alpha value is -1.25. The monoisotopic (exact) mass is 237 g/mol. The number of aliphatic hydroxyl groups is 1. The van der Waals surface area contributed by atoms with Gasteiger partial charge in [-0.1, -0.05) is 29.8 Å². The lowest BCUT2D eigenvalue weighted by Gasteiger charge is -2.26. The van der Waals surface area contributed by atoms with Crippen molar-refractivity contribution in [2.24, 2.45) is 0 Å². The number of nitrogen functional groups attached to an aromatic ring is 1. The van der Waals surface area contributed by atoms with Crippen molar-refractivity contribution in [2.75, 3.05) is 5.73 Å². The van der Waals surface area contributed by atoms with Crippen LogP contribution in [0.5, 0.6) is 0 Å². The lowest BCUT2D eigenvalue weighted by atomic mass is 9.87. The molecule has 0 aliphatic carbocycles. The molecule has 0 fully saturated rings. The van der Waals surface area contributed by atoms with Crippen LogP contribution >= 0.6 is 11.6 Å². The molecule has 3 heteroatoms. The Bertz CT molecular complexity index is 391. The van der Waals surface area contributed by atoms with Crippen LogP contribution in [0.25, 0.3) is 0 Å². The smallest absolute Gasteiger partial charge is 0.0965 e. The zero-order valence-electron chi connectivity index (χ0n) is 9.12. The molecule has 0 atom stereocenters. The maximum absolute atomic E-state index is 10.5. The summed E-state index contributed by atoms with van der Waals surface area (Å²) in [6.07, 6.45) is 4.24. The molecular formula is C13H16ClNO. The van der Waals surface area contributed by atoms with Crippen LogP contribution in [-0.2, 0) is 5.60 Å². The number of hydrogen-bond donors (Lipinski definition) is 2. The second-order valence-electron chi connectivity index (χ2n) is 3.75. The zero-order valence-corrected chi connectivity index (χ0v) is 9.87. The predicted octanol–water partition coefficient (Wildman–Crippen LogP) is 3.26. The van der Waals surface area contributed by atoms with Crippen LogP contribution in [0, 0.1) is 0 Å². The number of nitrogens with two attached hydrogens (primary N) is 1. The van der Waals surface area contributed by atoms with Gasteiger partial charge in [0.2, 0.25) is 0 Å². The van der Waals surface area contributed by atoms with Crippen molar-refractivity contribution >= 4 is 17.3 Å². The minimum Gasteiger partial charge on any atom is -0.398 e. The van der Waals surface area contributed by atoms with E-state index in [0.717, 1.165) is 5.56 Å². The van der Waals surface area contributed by atoms with Crippen molar-refractivity contribution in [3.8, 4) is 0 Å². The summed E-state index contributed by atoms with van der Waals surface area (Å²) < 4.78 is 0. The molecule has 0 radical (unpaired) electrons. The van der Waals surface area contributed by atoms with Gasteiger partial charge in [-0.25, -0.2) is 0 Å². The third kappa shape index (κ3) is 2.65.